The summed E-state index contributed by atoms with van der Waals surface area (Å²) in [5.41, 5.74) is 2.23. The Balaban J connectivity index is 1.45. The third-order valence-electron chi connectivity index (χ3n) is 5.36. The van der Waals surface area contributed by atoms with Crippen LogP contribution in [0, 0.1) is 20.8 Å². The number of hydrogen-bond acceptors (Lipinski definition) is 7. The lowest BCUT2D eigenvalue weighted by molar-refractivity contribution is 0.0744. The van der Waals surface area contributed by atoms with Crippen LogP contribution in [-0.2, 0) is 0 Å². The average molecular weight is 370 g/mol. The Hall–Kier alpha value is -2.64. The summed E-state index contributed by atoms with van der Waals surface area (Å²) in [5, 5.41) is 3.90. The van der Waals surface area contributed by atoms with Gasteiger partial charge in [0.2, 0.25) is 5.95 Å². The highest BCUT2D eigenvalue weighted by molar-refractivity contribution is 5.96. The molecule has 2 saturated heterocycles. The number of carbonyl (C=O) groups is 1. The van der Waals surface area contributed by atoms with E-state index in [-0.39, 0.29) is 5.91 Å². The monoisotopic (exact) mass is 370 g/mol. The minimum atomic E-state index is 0.00234. The van der Waals surface area contributed by atoms with Gasteiger partial charge in [-0.15, -0.1) is 0 Å². The van der Waals surface area contributed by atoms with Gasteiger partial charge in [0.1, 0.15) is 17.1 Å². The van der Waals surface area contributed by atoms with Crippen molar-refractivity contribution in [1.29, 1.82) is 0 Å². The normalized spacial score (nSPS) is 17.7. The fourth-order valence-corrected chi connectivity index (χ4v) is 3.84. The molecule has 144 valence electrons. The quantitative estimate of drug-likeness (QED) is 0.817. The zero-order valence-electron chi connectivity index (χ0n) is 16.2. The molecule has 2 aliphatic heterocycles. The number of piperazine rings is 1. The van der Waals surface area contributed by atoms with E-state index in [9.17, 15) is 4.79 Å². The molecular formula is C19H26N6O2. The van der Waals surface area contributed by atoms with Crippen molar-refractivity contribution in [3.63, 3.8) is 0 Å². The lowest BCUT2D eigenvalue weighted by atomic mass is 10.1. The molecule has 0 saturated carbocycles. The summed E-state index contributed by atoms with van der Waals surface area (Å²) in [4.78, 5) is 28.6. The molecule has 1 amide bonds. The smallest absolute Gasteiger partial charge is 0.259 e. The Morgan fingerprint density at radius 3 is 2.30 bits per heavy atom. The molecule has 0 atom stereocenters. The molecule has 8 nitrogen and oxygen atoms in total. The first-order chi connectivity index (χ1) is 13.0. The first kappa shape index (κ1) is 17.8. The molecule has 27 heavy (non-hydrogen) atoms. The van der Waals surface area contributed by atoms with Crippen LogP contribution in [0.1, 0.15) is 40.3 Å². The molecule has 2 aliphatic rings. The maximum Gasteiger partial charge on any atom is 0.259 e. The van der Waals surface area contributed by atoms with Gasteiger partial charge < -0.3 is 19.2 Å². The molecule has 2 fully saturated rings. The van der Waals surface area contributed by atoms with Crippen LogP contribution in [0.3, 0.4) is 0 Å². The lowest BCUT2D eigenvalue weighted by Crippen LogP contribution is -2.49. The number of aryl methyl sites for hydroxylation is 3. The standard InChI is InChI=1S/C19H26N6O2/c1-13-12-16(21-19(20-13)25-6-4-5-7-25)23-8-10-24(11-9-23)18(26)17-14(2)22-27-15(17)3/h12H,4-11H2,1-3H3. The maximum atomic E-state index is 12.8. The van der Waals surface area contributed by atoms with Crippen LogP contribution in [0.2, 0.25) is 0 Å². The number of anilines is 2. The molecule has 2 aromatic heterocycles. The summed E-state index contributed by atoms with van der Waals surface area (Å²) >= 11 is 0. The second-order valence-electron chi connectivity index (χ2n) is 7.34. The van der Waals surface area contributed by atoms with Gasteiger partial charge in [-0.05, 0) is 33.6 Å². The van der Waals surface area contributed by atoms with Crippen molar-refractivity contribution >= 4 is 17.7 Å². The lowest BCUT2D eigenvalue weighted by Gasteiger charge is -2.35. The SMILES string of the molecule is Cc1cc(N2CCN(C(=O)c3c(C)noc3C)CC2)nc(N2CCCC2)n1. The van der Waals surface area contributed by atoms with Gasteiger partial charge >= 0.3 is 0 Å². The largest absolute Gasteiger partial charge is 0.361 e. The summed E-state index contributed by atoms with van der Waals surface area (Å²) in [6, 6.07) is 2.03. The third kappa shape index (κ3) is 3.48. The van der Waals surface area contributed by atoms with E-state index in [1.54, 1.807) is 6.92 Å². The second-order valence-corrected chi connectivity index (χ2v) is 7.34. The molecule has 0 spiro atoms. The number of hydrogen-bond donors (Lipinski definition) is 0. The highest BCUT2D eigenvalue weighted by atomic mass is 16.5. The number of aromatic nitrogens is 3. The Labute approximate surface area is 159 Å². The zero-order chi connectivity index (χ0) is 19.0. The zero-order valence-corrected chi connectivity index (χ0v) is 16.2. The average Bonchev–Trinajstić information content (AvgIpc) is 3.31. The minimum absolute atomic E-state index is 0.00234. The summed E-state index contributed by atoms with van der Waals surface area (Å²) in [7, 11) is 0. The molecule has 0 radical (unpaired) electrons. The van der Waals surface area contributed by atoms with Crippen LogP contribution in [0.25, 0.3) is 0 Å². The van der Waals surface area contributed by atoms with Crippen LogP contribution in [0.4, 0.5) is 11.8 Å². The van der Waals surface area contributed by atoms with Gasteiger partial charge in [-0.1, -0.05) is 5.16 Å². The molecular weight excluding hydrogens is 344 g/mol. The topological polar surface area (TPSA) is 78.6 Å². The molecule has 4 heterocycles. The van der Waals surface area contributed by atoms with Crippen LogP contribution >= 0.6 is 0 Å². The molecule has 0 bridgehead atoms. The van der Waals surface area contributed by atoms with Gasteiger partial charge in [0.15, 0.2) is 0 Å². The molecule has 0 aliphatic carbocycles. The summed E-state index contributed by atoms with van der Waals surface area (Å²) in [5.74, 6) is 2.37. The minimum Gasteiger partial charge on any atom is -0.361 e. The van der Waals surface area contributed by atoms with Crippen molar-refractivity contribution < 1.29 is 9.32 Å². The molecule has 4 rings (SSSR count). The van der Waals surface area contributed by atoms with E-state index in [0.717, 1.165) is 43.6 Å². The van der Waals surface area contributed by atoms with Gasteiger partial charge in [-0.2, -0.15) is 4.98 Å². The molecule has 0 unspecified atom stereocenters. The Bertz CT molecular complexity index is 815. The molecule has 2 aromatic rings. The van der Waals surface area contributed by atoms with Crippen LogP contribution in [-0.4, -0.2) is 65.2 Å². The van der Waals surface area contributed by atoms with E-state index in [1.165, 1.54) is 12.8 Å². The van der Waals surface area contributed by atoms with Crippen LogP contribution < -0.4 is 9.80 Å². The summed E-state index contributed by atoms with van der Waals surface area (Å²) < 4.78 is 5.14. The number of rotatable bonds is 3. The van der Waals surface area contributed by atoms with Crippen LogP contribution in [0.15, 0.2) is 10.6 Å². The van der Waals surface area contributed by atoms with Crippen molar-refractivity contribution in [3.8, 4) is 0 Å². The van der Waals surface area contributed by atoms with Gasteiger partial charge in [0.05, 0.1) is 5.69 Å². The molecule has 0 aromatic carbocycles. The first-order valence-corrected chi connectivity index (χ1v) is 9.60. The van der Waals surface area contributed by atoms with Crippen molar-refractivity contribution in [1.82, 2.24) is 20.0 Å². The van der Waals surface area contributed by atoms with Crippen molar-refractivity contribution in [2.45, 2.75) is 33.6 Å². The number of nitrogens with zero attached hydrogens (tertiary/aromatic N) is 6. The van der Waals surface area contributed by atoms with Crippen molar-refractivity contribution in [2.24, 2.45) is 0 Å². The van der Waals surface area contributed by atoms with Gasteiger partial charge in [0.25, 0.3) is 5.91 Å². The fourth-order valence-electron chi connectivity index (χ4n) is 3.84. The number of carbonyl (C=O) groups excluding carboxylic acids is 1. The molecule has 0 N–H and O–H groups in total. The van der Waals surface area contributed by atoms with E-state index < -0.39 is 0 Å². The van der Waals surface area contributed by atoms with E-state index in [4.69, 9.17) is 9.51 Å². The maximum absolute atomic E-state index is 12.8. The van der Waals surface area contributed by atoms with E-state index >= 15 is 0 Å². The fraction of sp³-hybridized carbons (Fsp3) is 0.579. The van der Waals surface area contributed by atoms with E-state index in [0.29, 0.717) is 30.1 Å². The Morgan fingerprint density at radius 2 is 1.67 bits per heavy atom. The van der Waals surface area contributed by atoms with Crippen molar-refractivity contribution in [3.05, 3.63) is 28.8 Å². The predicted octanol–water partition coefficient (Wildman–Crippen LogP) is 1.95. The number of amides is 1. The van der Waals surface area contributed by atoms with Gasteiger partial charge in [-0.3, -0.25) is 4.79 Å². The first-order valence-electron chi connectivity index (χ1n) is 9.60. The summed E-state index contributed by atoms with van der Waals surface area (Å²) in [6.07, 6.45) is 2.41. The van der Waals surface area contributed by atoms with Crippen LogP contribution in [0.5, 0.6) is 0 Å². The Morgan fingerprint density at radius 1 is 0.963 bits per heavy atom. The van der Waals surface area contributed by atoms with Gasteiger partial charge in [0, 0.05) is 51.0 Å². The van der Waals surface area contributed by atoms with Gasteiger partial charge in [-0.25, -0.2) is 4.98 Å². The van der Waals surface area contributed by atoms with Crippen molar-refractivity contribution in [2.75, 3.05) is 49.1 Å². The Kier molecular flexibility index (Phi) is 4.72. The highest BCUT2D eigenvalue weighted by Gasteiger charge is 2.27. The second kappa shape index (κ2) is 7.17. The summed E-state index contributed by atoms with van der Waals surface area (Å²) in [6.45, 7) is 10.5. The third-order valence-corrected chi connectivity index (χ3v) is 5.36. The highest BCUT2D eigenvalue weighted by Crippen LogP contribution is 2.23. The van der Waals surface area contributed by atoms with E-state index in [2.05, 4.69) is 19.9 Å². The predicted molar refractivity (Wildman–Crippen MR) is 102 cm³/mol. The van der Waals surface area contributed by atoms with E-state index in [1.807, 2.05) is 24.8 Å². The molecule has 8 heteroatoms.